The van der Waals surface area contributed by atoms with Gasteiger partial charge in [0.15, 0.2) is 5.69 Å². The number of carboxylic acid groups (broad SMARTS) is 1. The second-order valence-electron chi connectivity index (χ2n) is 5.78. The summed E-state index contributed by atoms with van der Waals surface area (Å²) in [5.41, 5.74) is 0.641. The first-order valence-corrected chi connectivity index (χ1v) is 7.44. The van der Waals surface area contributed by atoms with Crippen molar-refractivity contribution in [3.05, 3.63) is 17.7 Å². The Morgan fingerprint density at radius 3 is 2.50 bits per heavy atom. The van der Waals surface area contributed by atoms with Crippen LogP contribution < -0.4 is 5.32 Å². The molecule has 2 rings (SSSR count). The largest absolute Gasteiger partial charge is 0.476 e. The second kappa shape index (κ2) is 6.68. The van der Waals surface area contributed by atoms with E-state index < -0.39 is 5.97 Å². The van der Waals surface area contributed by atoms with Gasteiger partial charge in [-0.2, -0.15) is 0 Å². The van der Waals surface area contributed by atoms with Crippen LogP contribution in [-0.4, -0.2) is 27.1 Å². The van der Waals surface area contributed by atoms with Gasteiger partial charge >= 0.3 is 5.97 Å². The third-order valence-corrected chi connectivity index (χ3v) is 3.74. The number of nitrogens with one attached hydrogen (secondary N) is 1. The Bertz CT molecular complexity index is 466. The summed E-state index contributed by atoms with van der Waals surface area (Å²) in [6.45, 7) is 3.92. The van der Waals surface area contributed by atoms with Gasteiger partial charge in [-0.15, -0.1) is 0 Å². The molecule has 5 heteroatoms. The highest BCUT2D eigenvalue weighted by Gasteiger charge is 2.19. The van der Waals surface area contributed by atoms with Crippen molar-refractivity contribution in [2.24, 2.45) is 0 Å². The third kappa shape index (κ3) is 3.68. The zero-order valence-electron chi connectivity index (χ0n) is 12.2. The molecule has 1 aromatic heterocycles. The Kier molecular flexibility index (Phi) is 4.93. The average Bonchev–Trinajstić information content (AvgIpc) is 2.67. The molecular formula is C15H23N3O2. The molecule has 0 radical (unpaired) electrons. The monoisotopic (exact) mass is 277 g/mol. The molecule has 0 saturated heterocycles. The highest BCUT2D eigenvalue weighted by atomic mass is 16.4. The molecule has 110 valence electrons. The van der Waals surface area contributed by atoms with Gasteiger partial charge in [0.1, 0.15) is 5.82 Å². The summed E-state index contributed by atoms with van der Waals surface area (Å²) < 4.78 is 0. The number of hydrogen-bond donors (Lipinski definition) is 2. The molecule has 20 heavy (non-hydrogen) atoms. The Morgan fingerprint density at radius 1 is 1.30 bits per heavy atom. The first-order valence-electron chi connectivity index (χ1n) is 7.44. The highest BCUT2D eigenvalue weighted by Crippen LogP contribution is 2.23. The van der Waals surface area contributed by atoms with Crippen LogP contribution >= 0.6 is 0 Å². The van der Waals surface area contributed by atoms with Gasteiger partial charge in [0.25, 0.3) is 0 Å². The van der Waals surface area contributed by atoms with Crippen molar-refractivity contribution in [3.63, 3.8) is 0 Å². The van der Waals surface area contributed by atoms with Gasteiger partial charge in [0, 0.05) is 12.0 Å². The molecule has 1 saturated carbocycles. The quantitative estimate of drug-likeness (QED) is 0.825. The Balaban J connectivity index is 2.19. The SMILES string of the molecule is CC(C)c1ncc(NC2CCCCCC2)c(C(=O)O)n1. The Hall–Kier alpha value is -1.65. The average molecular weight is 277 g/mol. The molecule has 0 amide bonds. The van der Waals surface area contributed by atoms with Gasteiger partial charge in [0.2, 0.25) is 0 Å². The zero-order valence-corrected chi connectivity index (χ0v) is 12.2. The molecule has 1 heterocycles. The number of rotatable bonds is 4. The van der Waals surface area contributed by atoms with E-state index >= 15 is 0 Å². The number of carbonyl (C=O) groups is 1. The van der Waals surface area contributed by atoms with E-state index in [0.29, 0.717) is 17.6 Å². The van der Waals surface area contributed by atoms with Crippen LogP contribution in [0.3, 0.4) is 0 Å². The summed E-state index contributed by atoms with van der Waals surface area (Å²) in [6.07, 6.45) is 8.74. The fourth-order valence-corrected chi connectivity index (χ4v) is 2.59. The summed E-state index contributed by atoms with van der Waals surface area (Å²) >= 11 is 0. The van der Waals surface area contributed by atoms with Gasteiger partial charge < -0.3 is 10.4 Å². The third-order valence-electron chi connectivity index (χ3n) is 3.74. The summed E-state index contributed by atoms with van der Waals surface area (Å²) in [4.78, 5) is 19.8. The number of aromatic carboxylic acids is 1. The van der Waals surface area contributed by atoms with E-state index in [4.69, 9.17) is 0 Å². The first-order chi connectivity index (χ1) is 9.58. The lowest BCUT2D eigenvalue weighted by Gasteiger charge is -2.19. The summed E-state index contributed by atoms with van der Waals surface area (Å²) in [5, 5.41) is 12.7. The van der Waals surface area contributed by atoms with Crippen LogP contribution in [0, 0.1) is 0 Å². The minimum absolute atomic E-state index is 0.0907. The van der Waals surface area contributed by atoms with Crippen molar-refractivity contribution in [1.29, 1.82) is 0 Å². The van der Waals surface area contributed by atoms with Crippen molar-refractivity contribution in [2.45, 2.75) is 64.3 Å². The molecule has 1 aromatic rings. The normalized spacial score (nSPS) is 16.9. The molecule has 2 N–H and O–H groups in total. The van der Waals surface area contributed by atoms with E-state index in [1.165, 1.54) is 25.7 Å². The summed E-state index contributed by atoms with van der Waals surface area (Å²) in [6, 6.07) is 0.337. The minimum Gasteiger partial charge on any atom is -0.476 e. The standard InChI is InChI=1S/C15H23N3O2/c1-10(2)14-16-9-12(13(18-14)15(19)20)17-11-7-5-3-4-6-8-11/h9-11,17H,3-8H2,1-2H3,(H,19,20). The maximum atomic E-state index is 11.4. The smallest absolute Gasteiger partial charge is 0.356 e. The number of hydrogen-bond acceptors (Lipinski definition) is 4. The van der Waals surface area contributed by atoms with E-state index in [1.54, 1.807) is 6.20 Å². The molecular weight excluding hydrogens is 254 g/mol. The highest BCUT2D eigenvalue weighted by molar-refractivity contribution is 5.91. The number of nitrogens with zero attached hydrogens (tertiary/aromatic N) is 2. The Morgan fingerprint density at radius 2 is 1.95 bits per heavy atom. The number of carboxylic acids is 1. The second-order valence-corrected chi connectivity index (χ2v) is 5.78. The van der Waals surface area contributed by atoms with Crippen LogP contribution in [0.2, 0.25) is 0 Å². The van der Waals surface area contributed by atoms with Crippen LogP contribution in [0.25, 0.3) is 0 Å². The van der Waals surface area contributed by atoms with Crippen LogP contribution in [-0.2, 0) is 0 Å². The topological polar surface area (TPSA) is 75.1 Å². The van der Waals surface area contributed by atoms with E-state index in [0.717, 1.165) is 12.8 Å². The molecule has 0 atom stereocenters. The predicted molar refractivity (Wildman–Crippen MR) is 78.2 cm³/mol. The summed E-state index contributed by atoms with van der Waals surface area (Å²) in [7, 11) is 0. The van der Waals surface area contributed by atoms with Crippen molar-refractivity contribution >= 4 is 11.7 Å². The molecule has 0 aliphatic heterocycles. The van der Waals surface area contributed by atoms with Crippen molar-refractivity contribution in [2.75, 3.05) is 5.32 Å². The van der Waals surface area contributed by atoms with Gasteiger partial charge in [-0.1, -0.05) is 39.5 Å². The molecule has 5 nitrogen and oxygen atoms in total. The van der Waals surface area contributed by atoms with Crippen LogP contribution in [0.15, 0.2) is 6.20 Å². The maximum absolute atomic E-state index is 11.4. The molecule has 0 spiro atoms. The van der Waals surface area contributed by atoms with E-state index in [-0.39, 0.29) is 11.6 Å². The lowest BCUT2D eigenvalue weighted by molar-refractivity contribution is 0.0691. The fraction of sp³-hybridized carbons (Fsp3) is 0.667. The maximum Gasteiger partial charge on any atom is 0.356 e. The van der Waals surface area contributed by atoms with Crippen LogP contribution in [0.5, 0.6) is 0 Å². The number of aromatic nitrogens is 2. The fourth-order valence-electron chi connectivity index (χ4n) is 2.59. The Labute approximate surface area is 119 Å². The van der Waals surface area contributed by atoms with Crippen LogP contribution in [0.4, 0.5) is 5.69 Å². The summed E-state index contributed by atoms with van der Waals surface area (Å²) in [5.74, 6) is -0.292. The van der Waals surface area contributed by atoms with Crippen molar-refractivity contribution in [3.8, 4) is 0 Å². The van der Waals surface area contributed by atoms with Crippen molar-refractivity contribution in [1.82, 2.24) is 9.97 Å². The lowest BCUT2D eigenvalue weighted by atomic mass is 10.1. The molecule has 1 fully saturated rings. The minimum atomic E-state index is -0.995. The van der Waals surface area contributed by atoms with E-state index in [1.807, 2.05) is 13.8 Å². The van der Waals surface area contributed by atoms with Crippen molar-refractivity contribution < 1.29 is 9.90 Å². The van der Waals surface area contributed by atoms with Crippen LogP contribution in [0.1, 0.15) is 74.6 Å². The van der Waals surface area contributed by atoms with Gasteiger partial charge in [-0.25, -0.2) is 14.8 Å². The molecule has 0 unspecified atom stereocenters. The number of anilines is 1. The van der Waals surface area contributed by atoms with E-state index in [9.17, 15) is 9.90 Å². The molecule has 1 aliphatic carbocycles. The van der Waals surface area contributed by atoms with E-state index in [2.05, 4.69) is 15.3 Å². The van der Waals surface area contributed by atoms with Gasteiger partial charge in [-0.3, -0.25) is 0 Å². The molecule has 0 aromatic carbocycles. The molecule has 1 aliphatic rings. The van der Waals surface area contributed by atoms with Gasteiger partial charge in [-0.05, 0) is 12.8 Å². The molecule has 0 bridgehead atoms. The van der Waals surface area contributed by atoms with Gasteiger partial charge in [0.05, 0.1) is 11.9 Å². The zero-order chi connectivity index (χ0) is 14.5. The predicted octanol–water partition coefficient (Wildman–Crippen LogP) is 3.43. The lowest BCUT2D eigenvalue weighted by Crippen LogP contribution is -2.21. The first kappa shape index (κ1) is 14.8.